The van der Waals surface area contributed by atoms with E-state index in [1.807, 2.05) is 20.8 Å². The van der Waals surface area contributed by atoms with Gasteiger partial charge in [-0.1, -0.05) is 6.58 Å². The van der Waals surface area contributed by atoms with Crippen LogP contribution in [0.5, 0.6) is 0 Å². The Kier molecular flexibility index (Phi) is 6.20. The predicted octanol–water partition coefficient (Wildman–Crippen LogP) is 1.66. The lowest BCUT2D eigenvalue weighted by molar-refractivity contribution is -0.139. The lowest BCUT2D eigenvalue weighted by atomic mass is 10.2. The quantitative estimate of drug-likeness (QED) is 0.583. The van der Waals surface area contributed by atoms with Crippen LogP contribution < -0.4 is 0 Å². The molecule has 1 rings (SSSR count). The zero-order chi connectivity index (χ0) is 16.0. The maximum absolute atomic E-state index is 11.9. The Morgan fingerprint density at radius 3 is 2.19 bits per heavy atom. The summed E-state index contributed by atoms with van der Waals surface area (Å²) in [6.07, 6.45) is -0.268. The first-order chi connectivity index (χ1) is 9.69. The Bertz CT molecular complexity index is 393. The van der Waals surface area contributed by atoms with Gasteiger partial charge in [0.25, 0.3) is 0 Å². The van der Waals surface area contributed by atoms with Gasteiger partial charge in [-0.15, -0.1) is 0 Å². The van der Waals surface area contributed by atoms with E-state index in [9.17, 15) is 9.59 Å². The number of piperazine rings is 1. The summed E-state index contributed by atoms with van der Waals surface area (Å²) in [7, 11) is 0. The number of hydrogen-bond acceptors (Lipinski definition) is 5. The molecule has 0 aromatic heterocycles. The van der Waals surface area contributed by atoms with Gasteiger partial charge in [0.15, 0.2) is 0 Å². The third-order valence-corrected chi connectivity index (χ3v) is 3.01. The van der Waals surface area contributed by atoms with Gasteiger partial charge >= 0.3 is 12.1 Å². The molecule has 0 atom stereocenters. The Labute approximate surface area is 126 Å². The summed E-state index contributed by atoms with van der Waals surface area (Å²) in [5.41, 5.74) is -0.0601. The van der Waals surface area contributed by atoms with Crippen molar-refractivity contribution in [2.75, 3.05) is 39.3 Å². The Morgan fingerprint density at radius 2 is 1.71 bits per heavy atom. The van der Waals surface area contributed by atoms with E-state index in [1.54, 1.807) is 11.8 Å². The number of carbonyl (C=O) groups excluding carboxylic acids is 2. The van der Waals surface area contributed by atoms with Crippen molar-refractivity contribution >= 4 is 12.1 Å². The minimum atomic E-state index is -0.467. The fourth-order valence-electron chi connectivity index (χ4n) is 1.87. The fourth-order valence-corrected chi connectivity index (χ4v) is 1.87. The van der Waals surface area contributed by atoms with Crippen LogP contribution in [0.15, 0.2) is 12.2 Å². The molecular formula is C15H26N2O4. The molecule has 120 valence electrons. The molecular weight excluding hydrogens is 272 g/mol. The van der Waals surface area contributed by atoms with Gasteiger partial charge in [0, 0.05) is 38.3 Å². The smallest absolute Gasteiger partial charge is 0.410 e. The topological polar surface area (TPSA) is 59.1 Å². The van der Waals surface area contributed by atoms with Crippen LogP contribution in [0.25, 0.3) is 0 Å². The summed E-state index contributed by atoms with van der Waals surface area (Å²) >= 11 is 0. The first-order valence-corrected chi connectivity index (χ1v) is 7.22. The zero-order valence-corrected chi connectivity index (χ0v) is 13.5. The second kappa shape index (κ2) is 7.45. The first-order valence-electron chi connectivity index (χ1n) is 7.22. The van der Waals surface area contributed by atoms with Crippen molar-refractivity contribution in [1.29, 1.82) is 0 Å². The molecule has 0 radical (unpaired) electrons. The number of rotatable bonds is 4. The monoisotopic (exact) mass is 298 g/mol. The number of hydrogen-bond donors (Lipinski definition) is 0. The van der Waals surface area contributed by atoms with E-state index in [2.05, 4.69) is 11.5 Å². The van der Waals surface area contributed by atoms with Gasteiger partial charge in [-0.3, -0.25) is 4.90 Å². The van der Waals surface area contributed by atoms with Gasteiger partial charge in [0.2, 0.25) is 0 Å². The molecule has 6 heteroatoms. The molecule has 6 nitrogen and oxygen atoms in total. The summed E-state index contributed by atoms with van der Waals surface area (Å²) in [5.74, 6) is -0.359. The molecule has 1 heterocycles. The van der Waals surface area contributed by atoms with Gasteiger partial charge in [0.05, 0.1) is 0 Å². The Hall–Kier alpha value is -1.56. The minimum Gasteiger partial charge on any atom is -0.461 e. The van der Waals surface area contributed by atoms with Crippen LogP contribution in [0.3, 0.4) is 0 Å². The molecule has 0 aromatic rings. The lowest BCUT2D eigenvalue weighted by Crippen LogP contribution is -2.50. The van der Waals surface area contributed by atoms with Crippen LogP contribution in [0.4, 0.5) is 4.79 Å². The van der Waals surface area contributed by atoms with Crippen molar-refractivity contribution in [3.8, 4) is 0 Å². The molecule has 0 unspecified atom stereocenters. The molecule has 1 aliphatic rings. The molecule has 0 spiro atoms. The van der Waals surface area contributed by atoms with E-state index >= 15 is 0 Å². The third kappa shape index (κ3) is 6.62. The lowest BCUT2D eigenvalue weighted by Gasteiger charge is -2.35. The largest absolute Gasteiger partial charge is 0.461 e. The van der Waals surface area contributed by atoms with Crippen molar-refractivity contribution < 1.29 is 19.1 Å². The molecule has 0 saturated carbocycles. The standard InChI is InChI=1S/C15H26N2O4/c1-12(2)13(18)20-11-10-16-6-8-17(9-7-16)14(19)21-15(3,4)5/h1,6-11H2,2-5H3. The minimum absolute atomic E-state index is 0.268. The number of esters is 1. The van der Waals surface area contributed by atoms with Gasteiger partial charge in [0.1, 0.15) is 12.2 Å². The summed E-state index contributed by atoms with van der Waals surface area (Å²) in [4.78, 5) is 27.0. The highest BCUT2D eigenvalue weighted by Gasteiger charge is 2.25. The van der Waals surface area contributed by atoms with Gasteiger partial charge in [-0.2, -0.15) is 0 Å². The van der Waals surface area contributed by atoms with Crippen LogP contribution in [-0.4, -0.2) is 66.8 Å². The second-order valence-electron chi connectivity index (χ2n) is 6.23. The molecule has 1 fully saturated rings. The average molecular weight is 298 g/mol. The van der Waals surface area contributed by atoms with Crippen molar-refractivity contribution in [3.05, 3.63) is 12.2 Å². The van der Waals surface area contributed by atoms with E-state index in [0.717, 1.165) is 13.1 Å². The maximum atomic E-state index is 11.9. The highest BCUT2D eigenvalue weighted by molar-refractivity contribution is 5.86. The van der Waals surface area contributed by atoms with Crippen molar-refractivity contribution in [1.82, 2.24) is 9.80 Å². The van der Waals surface area contributed by atoms with E-state index in [-0.39, 0.29) is 12.1 Å². The number of carbonyl (C=O) groups is 2. The highest BCUT2D eigenvalue weighted by atomic mass is 16.6. The first kappa shape index (κ1) is 17.5. The fraction of sp³-hybridized carbons (Fsp3) is 0.733. The number of ether oxygens (including phenoxy) is 2. The number of amides is 1. The Morgan fingerprint density at radius 1 is 1.14 bits per heavy atom. The van der Waals surface area contributed by atoms with E-state index in [4.69, 9.17) is 9.47 Å². The summed E-state index contributed by atoms with van der Waals surface area (Å²) in [6.45, 7) is 14.5. The molecule has 0 aliphatic carbocycles. The summed E-state index contributed by atoms with van der Waals surface area (Å²) < 4.78 is 10.4. The molecule has 1 saturated heterocycles. The molecule has 21 heavy (non-hydrogen) atoms. The van der Waals surface area contributed by atoms with Crippen LogP contribution in [0.1, 0.15) is 27.7 Å². The van der Waals surface area contributed by atoms with Gasteiger partial charge in [-0.25, -0.2) is 9.59 Å². The summed E-state index contributed by atoms with van der Waals surface area (Å²) in [6, 6.07) is 0. The molecule has 1 amide bonds. The highest BCUT2D eigenvalue weighted by Crippen LogP contribution is 2.11. The normalized spacial score (nSPS) is 16.5. The average Bonchev–Trinajstić information content (AvgIpc) is 2.37. The van der Waals surface area contributed by atoms with Crippen LogP contribution in [0.2, 0.25) is 0 Å². The Balaban J connectivity index is 2.25. The molecule has 0 bridgehead atoms. The van der Waals surface area contributed by atoms with E-state index in [0.29, 0.717) is 31.8 Å². The van der Waals surface area contributed by atoms with Gasteiger partial charge in [-0.05, 0) is 27.7 Å². The van der Waals surface area contributed by atoms with Crippen LogP contribution >= 0.6 is 0 Å². The second-order valence-corrected chi connectivity index (χ2v) is 6.23. The SMILES string of the molecule is C=C(C)C(=O)OCCN1CCN(C(=O)OC(C)(C)C)CC1. The van der Waals surface area contributed by atoms with E-state index < -0.39 is 5.60 Å². The van der Waals surface area contributed by atoms with E-state index in [1.165, 1.54) is 0 Å². The predicted molar refractivity (Wildman–Crippen MR) is 80.0 cm³/mol. The zero-order valence-electron chi connectivity index (χ0n) is 13.5. The third-order valence-electron chi connectivity index (χ3n) is 3.01. The van der Waals surface area contributed by atoms with Crippen molar-refractivity contribution in [2.24, 2.45) is 0 Å². The maximum Gasteiger partial charge on any atom is 0.410 e. The molecule has 0 N–H and O–H groups in total. The summed E-state index contributed by atoms with van der Waals surface area (Å²) in [5, 5.41) is 0. The molecule has 1 aliphatic heterocycles. The molecule has 0 aromatic carbocycles. The van der Waals surface area contributed by atoms with Crippen molar-refractivity contribution in [2.45, 2.75) is 33.3 Å². The van der Waals surface area contributed by atoms with Crippen molar-refractivity contribution in [3.63, 3.8) is 0 Å². The van der Waals surface area contributed by atoms with Gasteiger partial charge < -0.3 is 14.4 Å². The van der Waals surface area contributed by atoms with Crippen LogP contribution in [-0.2, 0) is 14.3 Å². The van der Waals surface area contributed by atoms with Crippen LogP contribution in [0, 0.1) is 0 Å². The number of nitrogens with zero attached hydrogens (tertiary/aromatic N) is 2.